The van der Waals surface area contributed by atoms with Crippen LogP contribution in [0.1, 0.15) is 39.5 Å². The number of rotatable bonds is 3. The highest BCUT2D eigenvalue weighted by Crippen LogP contribution is 2.47. The van der Waals surface area contributed by atoms with Crippen molar-refractivity contribution in [3.8, 4) is 0 Å². The molecule has 0 aromatic heterocycles. The van der Waals surface area contributed by atoms with E-state index in [1.54, 1.807) is 0 Å². The number of piperidine rings is 1. The van der Waals surface area contributed by atoms with Gasteiger partial charge in [0.15, 0.2) is 0 Å². The first kappa shape index (κ1) is 12.7. The van der Waals surface area contributed by atoms with Crippen LogP contribution < -0.4 is 5.32 Å². The minimum Gasteiger partial charge on any atom is -0.378 e. The molecule has 1 atom stereocenters. The maximum Gasteiger partial charge on any atom is 0.0706 e. The Morgan fingerprint density at radius 1 is 1.31 bits per heavy atom. The van der Waals surface area contributed by atoms with Crippen LogP contribution >= 0.6 is 11.8 Å². The molecule has 0 spiro atoms. The third kappa shape index (κ3) is 2.57. The molecule has 94 valence electrons. The summed E-state index contributed by atoms with van der Waals surface area (Å²) in [5.41, 5.74) is 0.165. The minimum absolute atomic E-state index is 0.165. The van der Waals surface area contributed by atoms with Gasteiger partial charge in [-0.05, 0) is 50.4 Å². The van der Waals surface area contributed by atoms with Crippen LogP contribution in [0.3, 0.4) is 0 Å². The molecule has 2 fully saturated rings. The molecule has 0 saturated carbocycles. The molecule has 2 nitrogen and oxygen atoms in total. The van der Waals surface area contributed by atoms with Crippen LogP contribution in [0.25, 0.3) is 0 Å². The van der Waals surface area contributed by atoms with E-state index >= 15 is 0 Å². The van der Waals surface area contributed by atoms with Gasteiger partial charge in [-0.3, -0.25) is 0 Å². The fraction of sp³-hybridized carbons (Fsp3) is 1.00. The molecule has 2 rings (SSSR count). The predicted octanol–water partition coefficient (Wildman–Crippen LogP) is 2.68. The molecule has 1 unspecified atom stereocenters. The van der Waals surface area contributed by atoms with Gasteiger partial charge in [-0.25, -0.2) is 0 Å². The Morgan fingerprint density at radius 2 is 2.00 bits per heavy atom. The second-order valence-corrected chi connectivity index (χ2v) is 7.53. The van der Waals surface area contributed by atoms with Crippen LogP contribution in [0.5, 0.6) is 0 Å². The van der Waals surface area contributed by atoms with Crippen LogP contribution in [0.15, 0.2) is 0 Å². The zero-order chi connectivity index (χ0) is 11.6. The van der Waals surface area contributed by atoms with Crippen LogP contribution in [0.4, 0.5) is 0 Å². The lowest BCUT2D eigenvalue weighted by molar-refractivity contribution is -0.0536. The highest BCUT2D eigenvalue weighted by atomic mass is 32.2. The molecular weight excluding hydrogens is 218 g/mol. The summed E-state index contributed by atoms with van der Waals surface area (Å²) in [6, 6.07) is 0. The predicted molar refractivity (Wildman–Crippen MR) is 71.1 cm³/mol. The van der Waals surface area contributed by atoms with Crippen molar-refractivity contribution in [3.05, 3.63) is 0 Å². The summed E-state index contributed by atoms with van der Waals surface area (Å²) in [5, 5.41) is 3.43. The van der Waals surface area contributed by atoms with E-state index < -0.39 is 0 Å². The fourth-order valence-corrected chi connectivity index (χ4v) is 4.47. The molecule has 0 bridgehead atoms. The van der Waals surface area contributed by atoms with Crippen LogP contribution in [-0.4, -0.2) is 36.3 Å². The van der Waals surface area contributed by atoms with E-state index in [1.165, 1.54) is 31.4 Å². The van der Waals surface area contributed by atoms with Crippen molar-refractivity contribution in [3.63, 3.8) is 0 Å². The van der Waals surface area contributed by atoms with Gasteiger partial charge in [0.05, 0.1) is 5.60 Å². The molecule has 2 heterocycles. The molecule has 2 saturated heterocycles. The average Bonchev–Trinajstić information content (AvgIpc) is 2.60. The van der Waals surface area contributed by atoms with Gasteiger partial charge in [0.25, 0.3) is 0 Å². The van der Waals surface area contributed by atoms with Crippen LogP contribution in [0.2, 0.25) is 0 Å². The highest BCUT2D eigenvalue weighted by molar-refractivity contribution is 8.00. The summed E-state index contributed by atoms with van der Waals surface area (Å²) in [6.07, 6.45) is 4.99. The molecule has 1 N–H and O–H groups in total. The van der Waals surface area contributed by atoms with Gasteiger partial charge in [-0.15, -0.1) is 0 Å². The zero-order valence-electron chi connectivity index (χ0n) is 10.8. The lowest BCUT2D eigenvalue weighted by atomic mass is 9.78. The summed E-state index contributed by atoms with van der Waals surface area (Å²) in [7, 11) is 1.90. The van der Waals surface area contributed by atoms with Gasteiger partial charge < -0.3 is 10.1 Å². The third-order valence-electron chi connectivity index (χ3n) is 4.49. The van der Waals surface area contributed by atoms with Crippen LogP contribution in [-0.2, 0) is 4.74 Å². The second kappa shape index (κ2) is 4.87. The lowest BCUT2D eigenvalue weighted by Crippen LogP contribution is -2.46. The number of methoxy groups -OCH3 is 1. The molecule has 0 aromatic rings. The van der Waals surface area contributed by atoms with Crippen molar-refractivity contribution in [2.24, 2.45) is 5.92 Å². The van der Waals surface area contributed by atoms with Gasteiger partial charge in [-0.1, -0.05) is 13.8 Å². The van der Waals surface area contributed by atoms with Crippen molar-refractivity contribution in [2.45, 2.75) is 49.9 Å². The monoisotopic (exact) mass is 243 g/mol. The molecule has 0 radical (unpaired) electrons. The average molecular weight is 243 g/mol. The standard InChI is InChI=1S/C13H25NOS/c1-12(2)11(4-9-16-12)10-13(15-3)5-7-14-8-6-13/h11,14H,4-10H2,1-3H3. The van der Waals surface area contributed by atoms with Gasteiger partial charge in [0.2, 0.25) is 0 Å². The largest absolute Gasteiger partial charge is 0.378 e. The van der Waals surface area contributed by atoms with E-state index in [2.05, 4.69) is 30.9 Å². The van der Waals surface area contributed by atoms with Crippen molar-refractivity contribution in [2.75, 3.05) is 26.0 Å². The van der Waals surface area contributed by atoms with Crippen molar-refractivity contribution in [1.82, 2.24) is 5.32 Å². The van der Waals surface area contributed by atoms with E-state index in [9.17, 15) is 0 Å². The Kier molecular flexibility index (Phi) is 3.87. The molecule has 16 heavy (non-hydrogen) atoms. The first-order valence-corrected chi connectivity index (χ1v) is 7.46. The molecule has 0 amide bonds. The Hall–Kier alpha value is 0.270. The molecular formula is C13H25NOS. The number of thioether (sulfide) groups is 1. The van der Waals surface area contributed by atoms with Crippen molar-refractivity contribution in [1.29, 1.82) is 0 Å². The Labute approximate surface area is 104 Å². The van der Waals surface area contributed by atoms with Gasteiger partial charge in [0, 0.05) is 11.9 Å². The van der Waals surface area contributed by atoms with Crippen molar-refractivity contribution < 1.29 is 4.74 Å². The quantitative estimate of drug-likeness (QED) is 0.823. The maximum atomic E-state index is 5.88. The Balaban J connectivity index is 2.00. The highest BCUT2D eigenvalue weighted by Gasteiger charge is 2.42. The normalized spacial score (nSPS) is 32.8. The zero-order valence-corrected chi connectivity index (χ0v) is 11.7. The molecule has 3 heteroatoms. The second-order valence-electron chi connectivity index (χ2n) is 5.78. The molecule has 0 aliphatic carbocycles. The van der Waals surface area contributed by atoms with Gasteiger partial charge in [0.1, 0.15) is 0 Å². The number of nitrogens with one attached hydrogen (secondary N) is 1. The number of hydrogen-bond donors (Lipinski definition) is 1. The molecule has 2 aliphatic heterocycles. The lowest BCUT2D eigenvalue weighted by Gasteiger charge is -2.41. The van der Waals surface area contributed by atoms with E-state index in [0.717, 1.165) is 19.0 Å². The van der Waals surface area contributed by atoms with Gasteiger partial charge in [-0.2, -0.15) is 11.8 Å². The van der Waals surface area contributed by atoms with Gasteiger partial charge >= 0.3 is 0 Å². The topological polar surface area (TPSA) is 21.3 Å². The SMILES string of the molecule is COC1(CC2CCSC2(C)C)CCNCC1. The molecule has 0 aromatic carbocycles. The van der Waals surface area contributed by atoms with E-state index in [1.807, 2.05) is 7.11 Å². The first-order chi connectivity index (χ1) is 7.58. The summed E-state index contributed by atoms with van der Waals surface area (Å²) < 4.78 is 6.34. The maximum absolute atomic E-state index is 5.88. The van der Waals surface area contributed by atoms with E-state index in [4.69, 9.17) is 4.74 Å². The Morgan fingerprint density at radius 3 is 2.50 bits per heavy atom. The number of ether oxygens (including phenoxy) is 1. The Bertz CT molecular complexity index is 236. The fourth-order valence-electron chi connectivity index (χ4n) is 3.10. The summed E-state index contributed by atoms with van der Waals surface area (Å²) in [6.45, 7) is 7.04. The third-order valence-corrected chi connectivity index (χ3v) is 6.01. The van der Waals surface area contributed by atoms with E-state index in [-0.39, 0.29) is 5.60 Å². The smallest absolute Gasteiger partial charge is 0.0706 e. The minimum atomic E-state index is 0.165. The number of hydrogen-bond acceptors (Lipinski definition) is 3. The van der Waals surface area contributed by atoms with Crippen molar-refractivity contribution >= 4 is 11.8 Å². The van der Waals surface area contributed by atoms with E-state index in [0.29, 0.717) is 4.75 Å². The van der Waals surface area contributed by atoms with Crippen LogP contribution in [0, 0.1) is 5.92 Å². The first-order valence-electron chi connectivity index (χ1n) is 6.48. The summed E-state index contributed by atoms with van der Waals surface area (Å²) in [4.78, 5) is 0. The molecule has 2 aliphatic rings. The summed E-state index contributed by atoms with van der Waals surface area (Å²) >= 11 is 2.13. The summed E-state index contributed by atoms with van der Waals surface area (Å²) in [5.74, 6) is 2.16.